The molecule has 0 saturated heterocycles. The summed E-state index contributed by atoms with van der Waals surface area (Å²) in [7, 11) is 0. The predicted molar refractivity (Wildman–Crippen MR) is 74.6 cm³/mol. The number of fused-ring (bicyclic) bond motifs is 1. The number of hydrogen-bond acceptors (Lipinski definition) is 4. The molecule has 2 aromatic heterocycles. The molecule has 3 aromatic rings. The minimum Gasteiger partial charge on any atom is -0.345 e. The first-order valence-corrected chi connectivity index (χ1v) is 6.76. The van der Waals surface area contributed by atoms with Gasteiger partial charge in [0.15, 0.2) is 5.16 Å². The zero-order valence-corrected chi connectivity index (χ0v) is 10.8. The summed E-state index contributed by atoms with van der Waals surface area (Å²) in [5, 5.41) is 10.4. The molecule has 1 N–H and O–H groups in total. The topological polar surface area (TPSA) is 65.4 Å². The Labute approximate surface area is 114 Å². The number of benzene rings is 1. The lowest BCUT2D eigenvalue weighted by Crippen LogP contribution is -1.88. The van der Waals surface area contributed by atoms with Gasteiger partial charge in [0.25, 0.3) is 0 Å². The van der Waals surface area contributed by atoms with Crippen LogP contribution in [0.1, 0.15) is 11.1 Å². The van der Waals surface area contributed by atoms with Crippen molar-refractivity contribution in [3.63, 3.8) is 0 Å². The van der Waals surface area contributed by atoms with Crippen LogP contribution in [0.2, 0.25) is 0 Å². The SMILES string of the molecule is N#Cc1c[nH]c2nc(SCc3ccccc3)ncc12. The third-order valence-corrected chi connectivity index (χ3v) is 3.67. The molecule has 0 unspecified atom stereocenters. The molecule has 0 aliphatic heterocycles. The summed E-state index contributed by atoms with van der Waals surface area (Å²) in [5.41, 5.74) is 2.53. The van der Waals surface area contributed by atoms with Gasteiger partial charge in [-0.2, -0.15) is 5.26 Å². The highest BCUT2D eigenvalue weighted by Crippen LogP contribution is 2.22. The molecular formula is C14H10N4S. The van der Waals surface area contributed by atoms with E-state index in [-0.39, 0.29) is 0 Å². The second-order valence-corrected chi connectivity index (χ2v) is 4.95. The van der Waals surface area contributed by atoms with Crippen LogP contribution in [0.15, 0.2) is 47.9 Å². The van der Waals surface area contributed by atoms with Gasteiger partial charge in [-0.25, -0.2) is 9.97 Å². The number of rotatable bonds is 3. The fourth-order valence-electron chi connectivity index (χ4n) is 1.78. The van der Waals surface area contributed by atoms with E-state index in [1.54, 1.807) is 24.2 Å². The summed E-state index contributed by atoms with van der Waals surface area (Å²) in [5.74, 6) is 0.832. The summed E-state index contributed by atoms with van der Waals surface area (Å²) >= 11 is 1.58. The van der Waals surface area contributed by atoms with Gasteiger partial charge in [0.2, 0.25) is 0 Å². The van der Waals surface area contributed by atoms with Crippen molar-refractivity contribution in [3.8, 4) is 6.07 Å². The number of thioether (sulfide) groups is 1. The van der Waals surface area contributed by atoms with Crippen LogP contribution in [0.5, 0.6) is 0 Å². The number of nitrogens with zero attached hydrogens (tertiary/aromatic N) is 3. The summed E-state index contributed by atoms with van der Waals surface area (Å²) < 4.78 is 0. The fraction of sp³-hybridized carbons (Fsp3) is 0.0714. The number of H-pyrrole nitrogens is 1. The molecular weight excluding hydrogens is 256 g/mol. The van der Waals surface area contributed by atoms with Gasteiger partial charge in [-0.1, -0.05) is 42.1 Å². The first-order valence-electron chi connectivity index (χ1n) is 5.78. The molecule has 0 aliphatic rings. The molecule has 0 radical (unpaired) electrons. The largest absolute Gasteiger partial charge is 0.345 e. The van der Waals surface area contributed by atoms with Crippen LogP contribution in [-0.4, -0.2) is 15.0 Å². The average Bonchev–Trinajstić information content (AvgIpc) is 2.88. The van der Waals surface area contributed by atoms with Crippen LogP contribution in [0.25, 0.3) is 11.0 Å². The van der Waals surface area contributed by atoms with Crippen molar-refractivity contribution >= 4 is 22.8 Å². The smallest absolute Gasteiger partial charge is 0.189 e. The van der Waals surface area contributed by atoms with E-state index in [4.69, 9.17) is 5.26 Å². The van der Waals surface area contributed by atoms with Gasteiger partial charge in [0, 0.05) is 18.1 Å². The normalized spacial score (nSPS) is 10.5. The Bertz CT molecular complexity index is 743. The molecule has 19 heavy (non-hydrogen) atoms. The molecule has 5 heteroatoms. The lowest BCUT2D eigenvalue weighted by Gasteiger charge is -2.00. The molecule has 0 bridgehead atoms. The predicted octanol–water partition coefficient (Wildman–Crippen LogP) is 3.12. The molecule has 92 valence electrons. The van der Waals surface area contributed by atoms with E-state index < -0.39 is 0 Å². The van der Waals surface area contributed by atoms with Crippen molar-refractivity contribution in [2.75, 3.05) is 0 Å². The Morgan fingerprint density at radius 3 is 2.89 bits per heavy atom. The standard InChI is InChI=1S/C14H10N4S/c15-6-11-7-16-13-12(11)8-17-14(18-13)19-9-10-4-2-1-3-5-10/h1-5,7-8H,9H2,(H,16,17,18). The lowest BCUT2D eigenvalue weighted by molar-refractivity contribution is 0.994. The molecule has 0 amide bonds. The number of aromatic nitrogens is 3. The number of nitriles is 1. The average molecular weight is 266 g/mol. The number of hydrogen-bond donors (Lipinski definition) is 1. The van der Waals surface area contributed by atoms with Gasteiger partial charge >= 0.3 is 0 Å². The van der Waals surface area contributed by atoms with Gasteiger partial charge in [-0.05, 0) is 5.56 Å². The van der Waals surface area contributed by atoms with E-state index in [1.807, 2.05) is 18.2 Å². The number of aromatic amines is 1. The van der Waals surface area contributed by atoms with Crippen molar-refractivity contribution < 1.29 is 0 Å². The Morgan fingerprint density at radius 2 is 2.11 bits per heavy atom. The quantitative estimate of drug-likeness (QED) is 0.584. The zero-order valence-electron chi connectivity index (χ0n) is 10.00. The van der Waals surface area contributed by atoms with E-state index in [0.717, 1.165) is 11.1 Å². The van der Waals surface area contributed by atoms with Crippen LogP contribution < -0.4 is 0 Å². The first kappa shape index (κ1) is 11.8. The maximum Gasteiger partial charge on any atom is 0.189 e. The van der Waals surface area contributed by atoms with E-state index in [2.05, 4.69) is 33.2 Å². The third-order valence-electron chi connectivity index (χ3n) is 2.74. The molecule has 2 heterocycles. The Balaban J connectivity index is 1.81. The molecule has 0 spiro atoms. The van der Waals surface area contributed by atoms with Gasteiger partial charge in [-0.15, -0.1) is 0 Å². The van der Waals surface area contributed by atoms with E-state index in [0.29, 0.717) is 16.4 Å². The fourth-order valence-corrected chi connectivity index (χ4v) is 2.55. The van der Waals surface area contributed by atoms with Crippen molar-refractivity contribution in [1.82, 2.24) is 15.0 Å². The Kier molecular flexibility index (Phi) is 3.17. The van der Waals surface area contributed by atoms with Crippen LogP contribution >= 0.6 is 11.8 Å². The highest BCUT2D eigenvalue weighted by molar-refractivity contribution is 7.98. The monoisotopic (exact) mass is 266 g/mol. The minimum absolute atomic E-state index is 0.578. The Morgan fingerprint density at radius 1 is 1.26 bits per heavy atom. The Hall–Kier alpha value is -2.32. The first-order chi connectivity index (χ1) is 9.36. The van der Waals surface area contributed by atoms with Crippen molar-refractivity contribution in [3.05, 3.63) is 53.9 Å². The van der Waals surface area contributed by atoms with Gasteiger partial charge < -0.3 is 4.98 Å². The summed E-state index contributed by atoms with van der Waals surface area (Å²) in [6.45, 7) is 0. The van der Waals surface area contributed by atoms with E-state index in [9.17, 15) is 0 Å². The van der Waals surface area contributed by atoms with Crippen LogP contribution in [0, 0.1) is 11.3 Å². The molecule has 0 saturated carbocycles. The summed E-state index contributed by atoms with van der Waals surface area (Å²) in [4.78, 5) is 11.7. The third kappa shape index (κ3) is 2.44. The second kappa shape index (κ2) is 5.12. The maximum absolute atomic E-state index is 8.92. The summed E-state index contributed by atoms with van der Waals surface area (Å²) in [6.07, 6.45) is 3.36. The highest BCUT2D eigenvalue weighted by atomic mass is 32.2. The molecule has 1 aromatic carbocycles. The molecule has 0 aliphatic carbocycles. The minimum atomic E-state index is 0.578. The van der Waals surface area contributed by atoms with E-state index in [1.165, 1.54) is 5.56 Å². The lowest BCUT2D eigenvalue weighted by atomic mass is 10.2. The van der Waals surface area contributed by atoms with Gasteiger partial charge in [0.05, 0.1) is 10.9 Å². The van der Waals surface area contributed by atoms with Crippen molar-refractivity contribution in [1.29, 1.82) is 5.26 Å². The molecule has 3 rings (SSSR count). The molecule has 4 nitrogen and oxygen atoms in total. The maximum atomic E-state index is 8.92. The van der Waals surface area contributed by atoms with Crippen LogP contribution in [0.3, 0.4) is 0 Å². The van der Waals surface area contributed by atoms with E-state index >= 15 is 0 Å². The highest BCUT2D eigenvalue weighted by Gasteiger charge is 2.06. The van der Waals surface area contributed by atoms with Gasteiger partial charge in [0.1, 0.15) is 11.7 Å². The molecule has 0 fully saturated rings. The number of nitrogens with one attached hydrogen (secondary N) is 1. The molecule has 0 atom stereocenters. The van der Waals surface area contributed by atoms with Crippen LogP contribution in [0.4, 0.5) is 0 Å². The van der Waals surface area contributed by atoms with Gasteiger partial charge in [-0.3, -0.25) is 0 Å². The van der Waals surface area contributed by atoms with Crippen molar-refractivity contribution in [2.24, 2.45) is 0 Å². The van der Waals surface area contributed by atoms with Crippen LogP contribution in [-0.2, 0) is 5.75 Å². The summed E-state index contributed by atoms with van der Waals surface area (Å²) in [6, 6.07) is 12.3. The second-order valence-electron chi connectivity index (χ2n) is 4.00. The zero-order chi connectivity index (χ0) is 13.1. The van der Waals surface area contributed by atoms with Crippen molar-refractivity contribution in [2.45, 2.75) is 10.9 Å².